The van der Waals surface area contributed by atoms with Gasteiger partial charge in [-0.2, -0.15) is 0 Å². The fourth-order valence-electron chi connectivity index (χ4n) is 4.52. The molecule has 0 saturated carbocycles. The zero-order valence-electron chi connectivity index (χ0n) is 19.4. The molecule has 3 heterocycles. The molecule has 35 heavy (non-hydrogen) atoms. The Bertz CT molecular complexity index is 1290. The number of benzene rings is 2. The summed E-state index contributed by atoms with van der Waals surface area (Å²) in [6, 6.07) is 25.9. The summed E-state index contributed by atoms with van der Waals surface area (Å²) in [5.41, 5.74) is 4.04. The average molecular weight is 503 g/mol. The van der Waals surface area contributed by atoms with Gasteiger partial charge in [0.05, 0.1) is 11.7 Å². The fourth-order valence-corrected chi connectivity index (χ4v) is 5.03. The molecule has 5 rings (SSSR count). The summed E-state index contributed by atoms with van der Waals surface area (Å²) in [5.74, 6) is 1.64. The Kier molecular flexibility index (Phi) is 7.02. The number of nitrogens with one attached hydrogen (secondary N) is 2. The molecule has 1 fully saturated rings. The minimum Gasteiger partial charge on any atom is -0.459 e. The van der Waals surface area contributed by atoms with E-state index in [1.165, 1.54) is 0 Å². The Morgan fingerprint density at radius 2 is 1.86 bits per heavy atom. The van der Waals surface area contributed by atoms with E-state index in [2.05, 4.69) is 32.7 Å². The van der Waals surface area contributed by atoms with Gasteiger partial charge in [0.15, 0.2) is 5.11 Å². The predicted octanol–water partition coefficient (Wildman–Crippen LogP) is 6.78. The lowest BCUT2D eigenvalue weighted by Crippen LogP contribution is -2.31. The molecule has 2 aromatic carbocycles. The molecule has 0 unspecified atom stereocenters. The van der Waals surface area contributed by atoms with E-state index in [0.29, 0.717) is 5.11 Å². The Morgan fingerprint density at radius 3 is 2.66 bits per heavy atom. The second-order valence-electron chi connectivity index (χ2n) is 8.58. The molecule has 0 amide bonds. The number of rotatable bonds is 8. The lowest BCUT2D eigenvalue weighted by atomic mass is 10.0. The van der Waals surface area contributed by atoms with Crippen LogP contribution in [0.3, 0.4) is 0 Å². The van der Waals surface area contributed by atoms with Gasteiger partial charge in [-0.05, 0) is 73.6 Å². The number of furan rings is 1. The quantitative estimate of drug-likeness (QED) is 0.204. The maximum Gasteiger partial charge on any atom is 0.170 e. The van der Waals surface area contributed by atoms with E-state index in [-0.39, 0.29) is 12.1 Å². The number of hydrogen-bond acceptors (Lipinski definition) is 4. The number of aromatic nitrogens is 1. The van der Waals surface area contributed by atoms with Gasteiger partial charge in [-0.1, -0.05) is 48.0 Å². The van der Waals surface area contributed by atoms with Gasteiger partial charge in [-0.3, -0.25) is 4.98 Å². The van der Waals surface area contributed by atoms with E-state index < -0.39 is 0 Å². The predicted molar refractivity (Wildman–Crippen MR) is 146 cm³/mol. The number of anilines is 1. The van der Waals surface area contributed by atoms with E-state index in [0.717, 1.165) is 58.6 Å². The van der Waals surface area contributed by atoms with Crippen molar-refractivity contribution in [2.45, 2.75) is 25.4 Å². The van der Waals surface area contributed by atoms with Gasteiger partial charge < -0.3 is 20.0 Å². The summed E-state index contributed by atoms with van der Waals surface area (Å²) >= 11 is 12.2. The molecule has 2 aromatic heterocycles. The first kappa shape index (κ1) is 23.4. The summed E-state index contributed by atoms with van der Waals surface area (Å²) in [6.45, 7) is 3.63. The van der Waals surface area contributed by atoms with Crippen molar-refractivity contribution in [2.24, 2.45) is 0 Å². The van der Waals surface area contributed by atoms with Crippen LogP contribution >= 0.6 is 23.8 Å². The number of hydrogen-bond donors (Lipinski definition) is 2. The van der Waals surface area contributed by atoms with Crippen LogP contribution in [0.5, 0.6) is 0 Å². The van der Waals surface area contributed by atoms with Gasteiger partial charge in [-0.25, -0.2) is 0 Å². The van der Waals surface area contributed by atoms with Crippen molar-refractivity contribution in [1.82, 2.24) is 15.2 Å². The molecular formula is C28H27ClN4OS. The highest BCUT2D eigenvalue weighted by Crippen LogP contribution is 2.41. The zero-order chi connectivity index (χ0) is 24.2. The first-order valence-electron chi connectivity index (χ1n) is 11.7. The highest BCUT2D eigenvalue weighted by Gasteiger charge is 2.41. The van der Waals surface area contributed by atoms with Crippen LogP contribution < -0.4 is 10.6 Å². The molecule has 7 heteroatoms. The number of pyridine rings is 1. The molecule has 5 nitrogen and oxygen atoms in total. The van der Waals surface area contributed by atoms with Crippen LogP contribution in [0.1, 0.15) is 35.5 Å². The molecule has 0 bridgehead atoms. The van der Waals surface area contributed by atoms with Crippen molar-refractivity contribution in [3.05, 3.63) is 107 Å². The molecule has 0 radical (unpaired) electrons. The van der Waals surface area contributed by atoms with Crippen molar-refractivity contribution >= 4 is 34.6 Å². The first-order valence-corrected chi connectivity index (χ1v) is 12.5. The average Bonchev–Trinajstić information content (AvgIpc) is 3.49. The first-order chi connectivity index (χ1) is 17.1. The zero-order valence-corrected chi connectivity index (χ0v) is 21.0. The smallest absolute Gasteiger partial charge is 0.170 e. The lowest BCUT2D eigenvalue weighted by Gasteiger charge is -2.26. The number of nitrogens with zero attached hydrogens (tertiary/aromatic N) is 2. The van der Waals surface area contributed by atoms with E-state index in [1.54, 1.807) is 0 Å². The Hall–Kier alpha value is -3.35. The van der Waals surface area contributed by atoms with Crippen LogP contribution in [-0.4, -0.2) is 28.1 Å². The van der Waals surface area contributed by atoms with Crippen molar-refractivity contribution < 1.29 is 4.42 Å². The summed E-state index contributed by atoms with van der Waals surface area (Å²) in [5, 5.41) is 8.41. The van der Waals surface area contributed by atoms with Crippen LogP contribution in [0.2, 0.25) is 5.02 Å². The second kappa shape index (κ2) is 10.5. The van der Waals surface area contributed by atoms with Crippen LogP contribution in [-0.2, 0) is 0 Å². The van der Waals surface area contributed by atoms with Gasteiger partial charge in [0.1, 0.15) is 17.6 Å². The fraction of sp³-hybridized carbons (Fsp3) is 0.214. The maximum atomic E-state index is 6.45. The maximum absolute atomic E-state index is 6.45. The third-order valence-electron chi connectivity index (χ3n) is 6.33. The van der Waals surface area contributed by atoms with E-state index in [1.807, 2.05) is 79.9 Å². The third-order valence-corrected chi connectivity index (χ3v) is 7.09. The Balaban J connectivity index is 1.40. The summed E-state index contributed by atoms with van der Waals surface area (Å²) in [4.78, 5) is 6.83. The minimum absolute atomic E-state index is 0.106. The molecule has 4 aromatic rings. The summed E-state index contributed by atoms with van der Waals surface area (Å²) in [6.07, 6.45) is 2.73. The van der Waals surface area contributed by atoms with Crippen molar-refractivity contribution in [2.75, 3.05) is 18.4 Å². The van der Waals surface area contributed by atoms with Gasteiger partial charge >= 0.3 is 0 Å². The van der Waals surface area contributed by atoms with Gasteiger partial charge in [-0.15, -0.1) is 0 Å². The molecule has 1 aliphatic rings. The van der Waals surface area contributed by atoms with Gasteiger partial charge in [0.25, 0.3) is 0 Å². The molecule has 2 N–H and O–H groups in total. The standard InChI is InChI=1S/C28H27ClN4OS/c1-19-21(11-7-12-22(19)29)24-14-15-25(34-24)27-26(23-13-5-6-16-31-23)32-28(35)33(27)18-8-17-30-20-9-3-2-4-10-20/h2-7,9-16,26-27,30H,8,17-18H2,1H3,(H,32,35)/t26-,27-/m1/s1. The monoisotopic (exact) mass is 502 g/mol. The molecule has 1 aliphatic heterocycles. The van der Waals surface area contributed by atoms with Crippen molar-refractivity contribution in [3.8, 4) is 11.3 Å². The highest BCUT2D eigenvalue weighted by molar-refractivity contribution is 7.80. The van der Waals surface area contributed by atoms with Crippen LogP contribution in [0, 0.1) is 6.92 Å². The molecular weight excluding hydrogens is 476 g/mol. The molecule has 1 saturated heterocycles. The SMILES string of the molecule is Cc1c(Cl)cccc1-c1ccc([C@@H]2[C@@H](c3ccccn3)NC(=S)N2CCCNc2ccccc2)o1. The van der Waals surface area contributed by atoms with Crippen LogP contribution in [0.4, 0.5) is 5.69 Å². The largest absolute Gasteiger partial charge is 0.459 e. The topological polar surface area (TPSA) is 53.3 Å². The van der Waals surface area contributed by atoms with Crippen LogP contribution in [0.25, 0.3) is 11.3 Å². The van der Waals surface area contributed by atoms with Crippen molar-refractivity contribution in [3.63, 3.8) is 0 Å². The molecule has 0 spiro atoms. The Morgan fingerprint density at radius 1 is 1.03 bits per heavy atom. The normalized spacial score (nSPS) is 17.4. The number of thiocarbonyl (C=S) groups is 1. The molecule has 0 aliphatic carbocycles. The summed E-state index contributed by atoms with van der Waals surface area (Å²) < 4.78 is 6.45. The number of halogens is 1. The minimum atomic E-state index is -0.109. The lowest BCUT2D eigenvalue weighted by molar-refractivity contribution is 0.274. The second-order valence-corrected chi connectivity index (χ2v) is 9.37. The highest BCUT2D eigenvalue weighted by atomic mass is 35.5. The van der Waals surface area contributed by atoms with Gasteiger partial charge in [0, 0.05) is 35.6 Å². The van der Waals surface area contributed by atoms with E-state index >= 15 is 0 Å². The van der Waals surface area contributed by atoms with E-state index in [4.69, 9.17) is 28.2 Å². The number of para-hydroxylation sites is 1. The molecule has 178 valence electrons. The van der Waals surface area contributed by atoms with E-state index in [9.17, 15) is 0 Å². The van der Waals surface area contributed by atoms with Crippen LogP contribution in [0.15, 0.2) is 89.5 Å². The van der Waals surface area contributed by atoms with Gasteiger partial charge in [0.2, 0.25) is 0 Å². The molecule has 2 atom stereocenters. The Labute approximate surface area is 216 Å². The summed E-state index contributed by atoms with van der Waals surface area (Å²) in [7, 11) is 0. The van der Waals surface area contributed by atoms with Crippen molar-refractivity contribution in [1.29, 1.82) is 0 Å². The third kappa shape index (κ3) is 5.04.